The predicted molar refractivity (Wildman–Crippen MR) is 104 cm³/mol. The molecule has 2 heterocycles. The summed E-state index contributed by atoms with van der Waals surface area (Å²) in [6.07, 6.45) is 0.695. The van der Waals surface area contributed by atoms with E-state index in [1.54, 1.807) is 7.11 Å². The molecule has 1 N–H and O–H groups in total. The highest BCUT2D eigenvalue weighted by Crippen LogP contribution is 2.29. The summed E-state index contributed by atoms with van der Waals surface area (Å²) in [6, 6.07) is 19.8. The Kier molecular flexibility index (Phi) is 4.75. The van der Waals surface area contributed by atoms with Gasteiger partial charge in [0, 0.05) is 18.5 Å². The lowest BCUT2D eigenvalue weighted by atomic mass is 10.0. The lowest BCUT2D eigenvalue weighted by Gasteiger charge is -2.20. The minimum absolute atomic E-state index is 0.319. The smallest absolute Gasteiger partial charge is 0.342 e. The van der Waals surface area contributed by atoms with E-state index in [4.69, 9.17) is 14.5 Å². The third kappa shape index (κ3) is 3.62. The minimum Gasteiger partial charge on any atom is -0.497 e. The van der Waals surface area contributed by atoms with Crippen molar-refractivity contribution < 1.29 is 14.3 Å². The molecule has 0 spiro atoms. The van der Waals surface area contributed by atoms with Crippen LogP contribution in [0.2, 0.25) is 0 Å². The van der Waals surface area contributed by atoms with E-state index in [2.05, 4.69) is 5.32 Å². The Morgan fingerprint density at radius 3 is 2.63 bits per heavy atom. The van der Waals surface area contributed by atoms with Crippen molar-refractivity contribution in [1.29, 1.82) is 0 Å². The van der Waals surface area contributed by atoms with Gasteiger partial charge in [0.05, 0.1) is 19.4 Å². The van der Waals surface area contributed by atoms with Crippen molar-refractivity contribution in [3.63, 3.8) is 0 Å². The van der Waals surface area contributed by atoms with E-state index in [1.807, 2.05) is 60.7 Å². The van der Waals surface area contributed by atoms with Crippen LogP contribution in [0.5, 0.6) is 5.75 Å². The van der Waals surface area contributed by atoms with Crippen LogP contribution in [-0.4, -0.2) is 24.7 Å². The molecular weight excluding hydrogens is 340 g/mol. The molecule has 0 bridgehead atoms. The summed E-state index contributed by atoms with van der Waals surface area (Å²) in [7, 11) is 1.64. The number of fused-ring (bicyclic) bond motifs is 1. The Morgan fingerprint density at radius 1 is 1.11 bits per heavy atom. The molecule has 5 heteroatoms. The van der Waals surface area contributed by atoms with Gasteiger partial charge in [-0.05, 0) is 29.3 Å². The number of esters is 1. The van der Waals surface area contributed by atoms with Gasteiger partial charge in [-0.15, -0.1) is 0 Å². The molecule has 0 unspecified atom stereocenters. The number of nitrogens with one attached hydrogen (secondary N) is 1. The van der Waals surface area contributed by atoms with Crippen molar-refractivity contribution in [3.8, 4) is 17.0 Å². The number of carbonyl (C=O) groups is 1. The summed E-state index contributed by atoms with van der Waals surface area (Å²) in [5.41, 5.74) is 4.44. The zero-order valence-electron chi connectivity index (χ0n) is 15.1. The van der Waals surface area contributed by atoms with Gasteiger partial charge < -0.3 is 14.8 Å². The van der Waals surface area contributed by atoms with Gasteiger partial charge in [0.2, 0.25) is 0 Å². The topological polar surface area (TPSA) is 60.5 Å². The number of nitrogens with zero attached hydrogens (tertiary/aromatic N) is 1. The number of hydrogen-bond acceptors (Lipinski definition) is 5. The van der Waals surface area contributed by atoms with E-state index in [1.165, 1.54) is 0 Å². The summed E-state index contributed by atoms with van der Waals surface area (Å²) in [6.45, 7) is 0.955. The Bertz CT molecular complexity index is 953. The van der Waals surface area contributed by atoms with Crippen molar-refractivity contribution in [2.75, 3.05) is 19.0 Å². The van der Waals surface area contributed by atoms with Crippen molar-refractivity contribution >= 4 is 11.8 Å². The average Bonchev–Trinajstić information content (AvgIpc) is 2.73. The fourth-order valence-corrected chi connectivity index (χ4v) is 3.16. The zero-order valence-corrected chi connectivity index (χ0v) is 15.1. The van der Waals surface area contributed by atoms with Crippen molar-refractivity contribution in [2.45, 2.75) is 13.0 Å². The second kappa shape index (κ2) is 7.50. The zero-order chi connectivity index (χ0) is 18.6. The maximum absolute atomic E-state index is 12.3. The Hall–Kier alpha value is -3.34. The largest absolute Gasteiger partial charge is 0.497 e. The van der Waals surface area contributed by atoms with Crippen LogP contribution in [0, 0.1) is 0 Å². The third-order valence-corrected chi connectivity index (χ3v) is 4.60. The van der Waals surface area contributed by atoms with Crippen molar-refractivity contribution in [1.82, 2.24) is 4.98 Å². The molecular formula is C22H20N2O3. The maximum Gasteiger partial charge on any atom is 0.342 e. The quantitative estimate of drug-likeness (QED) is 0.695. The van der Waals surface area contributed by atoms with Gasteiger partial charge in [-0.3, -0.25) is 0 Å². The highest BCUT2D eigenvalue weighted by Gasteiger charge is 2.24. The lowest BCUT2D eigenvalue weighted by molar-refractivity contribution is 0.0481. The molecule has 0 aliphatic carbocycles. The van der Waals surface area contributed by atoms with Gasteiger partial charge in [0.1, 0.15) is 17.1 Å². The molecule has 1 aromatic heterocycles. The molecule has 1 aliphatic rings. The standard InChI is InChI=1S/C22H20N2O3/c1-26-18-9-7-15(8-10-18)14-23-21-20-17(11-12-27-22(20)25)13-19(24-21)16-5-3-2-4-6-16/h2-10,13H,11-12,14H2,1H3,(H,23,24). The molecule has 2 aromatic carbocycles. The second-order valence-corrected chi connectivity index (χ2v) is 6.34. The molecule has 5 nitrogen and oxygen atoms in total. The van der Waals surface area contributed by atoms with E-state index >= 15 is 0 Å². The van der Waals surface area contributed by atoms with Crippen molar-refractivity contribution in [3.05, 3.63) is 77.4 Å². The molecule has 27 heavy (non-hydrogen) atoms. The van der Waals surface area contributed by atoms with Crippen LogP contribution in [0.25, 0.3) is 11.3 Å². The molecule has 1 aliphatic heterocycles. The number of carbonyl (C=O) groups excluding carboxylic acids is 1. The molecule has 3 aromatic rings. The molecule has 0 saturated heterocycles. The van der Waals surface area contributed by atoms with Crippen LogP contribution < -0.4 is 10.1 Å². The third-order valence-electron chi connectivity index (χ3n) is 4.60. The highest BCUT2D eigenvalue weighted by atomic mass is 16.5. The first-order valence-corrected chi connectivity index (χ1v) is 8.88. The van der Waals surface area contributed by atoms with Gasteiger partial charge in [0.15, 0.2) is 0 Å². The summed E-state index contributed by atoms with van der Waals surface area (Å²) in [5.74, 6) is 1.05. The first kappa shape index (κ1) is 17.1. The van der Waals surface area contributed by atoms with Crippen LogP contribution in [0.1, 0.15) is 21.5 Å². The molecule has 136 valence electrons. The van der Waals surface area contributed by atoms with Gasteiger partial charge in [-0.25, -0.2) is 9.78 Å². The number of hydrogen-bond donors (Lipinski definition) is 1. The summed E-state index contributed by atoms with van der Waals surface area (Å²) >= 11 is 0. The summed E-state index contributed by atoms with van der Waals surface area (Å²) in [5, 5.41) is 3.31. The monoisotopic (exact) mass is 360 g/mol. The van der Waals surface area contributed by atoms with Crippen LogP contribution in [-0.2, 0) is 17.7 Å². The SMILES string of the molecule is COc1ccc(CNc2nc(-c3ccccc3)cc3c2C(=O)OCC3)cc1. The minimum atomic E-state index is -0.319. The number of methoxy groups -OCH3 is 1. The molecule has 0 radical (unpaired) electrons. The van der Waals surface area contributed by atoms with Gasteiger partial charge in [-0.1, -0.05) is 42.5 Å². The predicted octanol–water partition coefficient (Wildman–Crippen LogP) is 4.08. The number of benzene rings is 2. The van der Waals surface area contributed by atoms with E-state index in [-0.39, 0.29) is 5.97 Å². The van der Waals surface area contributed by atoms with E-state index in [0.717, 1.165) is 28.1 Å². The van der Waals surface area contributed by atoms with E-state index < -0.39 is 0 Å². The normalized spacial score (nSPS) is 12.9. The van der Waals surface area contributed by atoms with E-state index in [0.29, 0.717) is 31.0 Å². The van der Waals surface area contributed by atoms with Crippen LogP contribution in [0.15, 0.2) is 60.7 Å². The number of rotatable bonds is 5. The summed E-state index contributed by atoms with van der Waals surface area (Å²) in [4.78, 5) is 17.0. The number of ether oxygens (including phenoxy) is 2. The second-order valence-electron chi connectivity index (χ2n) is 6.34. The molecule has 0 atom stereocenters. The fraction of sp³-hybridized carbons (Fsp3) is 0.182. The molecule has 0 saturated carbocycles. The van der Waals surface area contributed by atoms with Crippen LogP contribution >= 0.6 is 0 Å². The number of cyclic esters (lactones) is 1. The molecule has 4 rings (SSSR count). The number of anilines is 1. The van der Waals surface area contributed by atoms with Gasteiger partial charge in [0.25, 0.3) is 0 Å². The van der Waals surface area contributed by atoms with Crippen LogP contribution in [0.3, 0.4) is 0 Å². The number of aromatic nitrogens is 1. The summed E-state index contributed by atoms with van der Waals surface area (Å²) < 4.78 is 10.4. The molecule has 0 amide bonds. The highest BCUT2D eigenvalue weighted by molar-refractivity contribution is 5.97. The maximum atomic E-state index is 12.3. The average molecular weight is 360 g/mol. The van der Waals surface area contributed by atoms with Crippen molar-refractivity contribution in [2.24, 2.45) is 0 Å². The van der Waals surface area contributed by atoms with Gasteiger partial charge >= 0.3 is 5.97 Å². The first-order chi connectivity index (χ1) is 13.2. The fourth-order valence-electron chi connectivity index (χ4n) is 3.16. The van der Waals surface area contributed by atoms with E-state index in [9.17, 15) is 4.79 Å². The van der Waals surface area contributed by atoms with Gasteiger partial charge in [-0.2, -0.15) is 0 Å². The Balaban J connectivity index is 1.67. The lowest BCUT2D eigenvalue weighted by Crippen LogP contribution is -2.21. The Morgan fingerprint density at radius 2 is 1.89 bits per heavy atom. The van der Waals surface area contributed by atoms with Crippen LogP contribution in [0.4, 0.5) is 5.82 Å². The Labute approximate surface area is 158 Å². The first-order valence-electron chi connectivity index (χ1n) is 8.88. The molecule has 0 fully saturated rings. The number of pyridine rings is 1.